The number of nitrogens with two attached hydrogens (primary N) is 1. The molecule has 1 amide bonds. The predicted molar refractivity (Wildman–Crippen MR) is 70.4 cm³/mol. The molecule has 96 valence electrons. The Balaban J connectivity index is 2.31. The average Bonchev–Trinajstić information content (AvgIpc) is 2.89. The number of aromatic nitrogens is 2. The Morgan fingerprint density at radius 2 is 2.16 bits per heavy atom. The molecule has 0 spiro atoms. The highest BCUT2D eigenvalue weighted by Gasteiger charge is 2.22. The molecule has 0 saturated carbocycles. The van der Waals surface area contributed by atoms with E-state index >= 15 is 0 Å². The fourth-order valence-corrected chi connectivity index (χ4v) is 2.54. The minimum atomic E-state index is -0.690. The number of pyridine rings is 2. The normalized spacial score (nSPS) is 13.3. The van der Waals surface area contributed by atoms with E-state index in [1.165, 1.54) is 6.20 Å². The first-order chi connectivity index (χ1) is 9.18. The molecule has 5 nitrogen and oxygen atoms in total. The lowest BCUT2D eigenvalue weighted by Gasteiger charge is -2.13. The third kappa shape index (κ3) is 1.83. The van der Waals surface area contributed by atoms with E-state index in [2.05, 4.69) is 4.98 Å². The monoisotopic (exact) mass is 255 g/mol. The lowest BCUT2D eigenvalue weighted by atomic mass is 10.1. The largest absolute Gasteiger partial charge is 0.365 e. The third-order valence-electron chi connectivity index (χ3n) is 3.42. The fraction of sp³-hybridized carbons (Fsp3) is 0.214. The van der Waals surface area contributed by atoms with Crippen molar-refractivity contribution < 1.29 is 4.79 Å². The second kappa shape index (κ2) is 4.35. The third-order valence-corrected chi connectivity index (χ3v) is 3.42. The van der Waals surface area contributed by atoms with Crippen molar-refractivity contribution >= 4 is 5.91 Å². The van der Waals surface area contributed by atoms with Crippen LogP contribution in [0.25, 0.3) is 5.82 Å². The van der Waals surface area contributed by atoms with E-state index in [0.29, 0.717) is 17.8 Å². The van der Waals surface area contributed by atoms with Gasteiger partial charge in [0.1, 0.15) is 11.4 Å². The van der Waals surface area contributed by atoms with Gasteiger partial charge < -0.3 is 10.3 Å². The van der Waals surface area contributed by atoms with Crippen LogP contribution in [0, 0.1) is 0 Å². The van der Waals surface area contributed by atoms with E-state index in [4.69, 9.17) is 5.73 Å². The molecule has 0 bridgehead atoms. The second-order valence-electron chi connectivity index (χ2n) is 4.57. The Hall–Kier alpha value is -2.43. The lowest BCUT2D eigenvalue weighted by molar-refractivity contribution is 0.0998. The van der Waals surface area contributed by atoms with Gasteiger partial charge in [0.25, 0.3) is 5.91 Å². The topological polar surface area (TPSA) is 78.0 Å². The Bertz CT molecular complexity index is 705. The molecule has 0 fully saturated rings. The molecular weight excluding hydrogens is 242 g/mol. The van der Waals surface area contributed by atoms with Gasteiger partial charge in [0, 0.05) is 23.7 Å². The first-order valence-corrected chi connectivity index (χ1v) is 6.17. The summed E-state index contributed by atoms with van der Waals surface area (Å²) in [6.45, 7) is 0. The number of fused-ring (bicyclic) bond motifs is 1. The van der Waals surface area contributed by atoms with E-state index < -0.39 is 5.91 Å². The van der Waals surface area contributed by atoms with Gasteiger partial charge in [0.2, 0.25) is 0 Å². The highest BCUT2D eigenvalue weighted by Crippen LogP contribution is 2.22. The Kier molecular flexibility index (Phi) is 2.67. The predicted octanol–water partition coefficient (Wildman–Crippen LogP) is 0.820. The van der Waals surface area contributed by atoms with Crippen molar-refractivity contribution in [1.82, 2.24) is 9.55 Å². The van der Waals surface area contributed by atoms with Crippen LogP contribution >= 0.6 is 0 Å². The van der Waals surface area contributed by atoms with Gasteiger partial charge >= 0.3 is 0 Å². The summed E-state index contributed by atoms with van der Waals surface area (Å²) >= 11 is 0. The van der Waals surface area contributed by atoms with Crippen molar-refractivity contribution in [2.24, 2.45) is 5.73 Å². The van der Waals surface area contributed by atoms with Gasteiger partial charge in [-0.05, 0) is 31.4 Å². The quantitative estimate of drug-likeness (QED) is 0.863. The Labute approximate surface area is 109 Å². The number of primary amides is 1. The van der Waals surface area contributed by atoms with Crippen LogP contribution < -0.4 is 11.2 Å². The van der Waals surface area contributed by atoms with Crippen LogP contribution in [-0.2, 0) is 12.8 Å². The minimum absolute atomic E-state index is 0.0336. The van der Waals surface area contributed by atoms with E-state index in [-0.39, 0.29) is 11.0 Å². The van der Waals surface area contributed by atoms with Crippen molar-refractivity contribution in [3.8, 4) is 5.82 Å². The van der Waals surface area contributed by atoms with Crippen molar-refractivity contribution in [3.63, 3.8) is 0 Å². The summed E-state index contributed by atoms with van der Waals surface area (Å²) in [5.74, 6) is 0.00697. The van der Waals surface area contributed by atoms with Gasteiger partial charge in [-0.1, -0.05) is 6.07 Å². The number of rotatable bonds is 2. The molecule has 5 heteroatoms. The van der Waals surface area contributed by atoms with Crippen molar-refractivity contribution in [1.29, 1.82) is 0 Å². The zero-order valence-electron chi connectivity index (χ0n) is 10.3. The smallest absolute Gasteiger partial charge is 0.254 e. The number of amides is 1. The summed E-state index contributed by atoms with van der Waals surface area (Å²) < 4.78 is 1.81. The molecule has 0 aromatic carbocycles. The molecule has 0 aliphatic heterocycles. The lowest BCUT2D eigenvalue weighted by Crippen LogP contribution is -2.27. The van der Waals surface area contributed by atoms with Crippen molar-refractivity contribution in [2.45, 2.75) is 19.3 Å². The zero-order valence-corrected chi connectivity index (χ0v) is 10.3. The molecule has 2 heterocycles. The first-order valence-electron chi connectivity index (χ1n) is 6.17. The molecule has 2 aromatic rings. The van der Waals surface area contributed by atoms with Crippen molar-refractivity contribution in [3.05, 3.63) is 57.6 Å². The standard InChI is InChI=1S/C14H13N3O2/c15-14(19)10-8-17(12-6-1-2-7-16-12)11-5-3-4-9(11)13(10)18/h1-2,6-8H,3-5H2,(H2,15,19). The highest BCUT2D eigenvalue weighted by atomic mass is 16.2. The first kappa shape index (κ1) is 11.6. The summed E-state index contributed by atoms with van der Waals surface area (Å²) in [5.41, 5.74) is 6.72. The van der Waals surface area contributed by atoms with Crippen LogP contribution in [0.4, 0.5) is 0 Å². The molecule has 0 atom stereocenters. The van der Waals surface area contributed by atoms with Gasteiger partial charge in [0.05, 0.1) is 0 Å². The fourth-order valence-electron chi connectivity index (χ4n) is 2.54. The minimum Gasteiger partial charge on any atom is -0.365 e. The highest BCUT2D eigenvalue weighted by molar-refractivity contribution is 5.92. The number of nitrogens with zero attached hydrogens (tertiary/aromatic N) is 2. The van der Waals surface area contributed by atoms with E-state index in [0.717, 1.165) is 18.5 Å². The van der Waals surface area contributed by atoms with Crippen LogP contribution in [0.15, 0.2) is 35.4 Å². The molecule has 0 unspecified atom stereocenters. The summed E-state index contributed by atoms with van der Waals surface area (Å²) in [6, 6.07) is 5.53. The van der Waals surface area contributed by atoms with E-state index in [9.17, 15) is 9.59 Å². The SMILES string of the molecule is NC(=O)c1cn(-c2ccccn2)c2c(c1=O)CCC2. The van der Waals surface area contributed by atoms with Gasteiger partial charge in [-0.2, -0.15) is 0 Å². The number of hydrogen-bond acceptors (Lipinski definition) is 3. The maximum Gasteiger partial charge on any atom is 0.254 e. The maximum atomic E-state index is 12.2. The van der Waals surface area contributed by atoms with Gasteiger partial charge in [-0.3, -0.25) is 9.59 Å². The van der Waals surface area contributed by atoms with Crippen LogP contribution in [0.2, 0.25) is 0 Å². The molecular formula is C14H13N3O2. The molecule has 2 aromatic heterocycles. The molecule has 2 N–H and O–H groups in total. The molecule has 0 radical (unpaired) electrons. The Morgan fingerprint density at radius 3 is 2.84 bits per heavy atom. The molecule has 1 aliphatic rings. The summed E-state index contributed by atoms with van der Waals surface area (Å²) in [7, 11) is 0. The van der Waals surface area contributed by atoms with E-state index in [1.54, 1.807) is 6.20 Å². The van der Waals surface area contributed by atoms with Crippen LogP contribution in [0.3, 0.4) is 0 Å². The molecule has 1 aliphatic carbocycles. The number of carbonyl (C=O) groups is 1. The van der Waals surface area contributed by atoms with Crippen molar-refractivity contribution in [2.75, 3.05) is 0 Å². The number of carbonyl (C=O) groups excluding carboxylic acids is 1. The van der Waals surface area contributed by atoms with Gasteiger partial charge in [-0.15, -0.1) is 0 Å². The van der Waals surface area contributed by atoms with Gasteiger partial charge in [-0.25, -0.2) is 4.98 Å². The second-order valence-corrected chi connectivity index (χ2v) is 4.57. The summed E-state index contributed by atoms with van der Waals surface area (Å²) in [6.07, 6.45) is 5.62. The van der Waals surface area contributed by atoms with E-state index in [1.807, 2.05) is 22.8 Å². The van der Waals surface area contributed by atoms with Gasteiger partial charge in [0.15, 0.2) is 5.43 Å². The number of hydrogen-bond donors (Lipinski definition) is 1. The molecule has 0 saturated heterocycles. The average molecular weight is 255 g/mol. The van der Waals surface area contributed by atoms with Crippen LogP contribution in [-0.4, -0.2) is 15.5 Å². The summed E-state index contributed by atoms with van der Waals surface area (Å²) in [5, 5.41) is 0. The Morgan fingerprint density at radius 1 is 1.32 bits per heavy atom. The molecule has 19 heavy (non-hydrogen) atoms. The molecule has 3 rings (SSSR count). The summed E-state index contributed by atoms with van der Waals surface area (Å²) in [4.78, 5) is 27.8. The van der Waals surface area contributed by atoms with Crippen LogP contribution in [0.5, 0.6) is 0 Å². The maximum absolute atomic E-state index is 12.2. The van der Waals surface area contributed by atoms with Crippen LogP contribution in [0.1, 0.15) is 28.0 Å². The zero-order chi connectivity index (χ0) is 13.4.